The summed E-state index contributed by atoms with van der Waals surface area (Å²) in [6, 6.07) is 6.22. The molecular weight excluding hydrogens is 186 g/mol. The van der Waals surface area contributed by atoms with Crippen molar-refractivity contribution in [3.63, 3.8) is 0 Å². The molecule has 1 rings (SSSR count). The van der Waals surface area contributed by atoms with Crippen LogP contribution in [0.15, 0.2) is 18.2 Å². The minimum Gasteiger partial charge on any atom is -0.387 e. The topological polar surface area (TPSA) is 32.3 Å². The quantitative estimate of drug-likeness (QED) is 0.794. The van der Waals surface area contributed by atoms with Crippen LogP contribution >= 0.6 is 0 Å². The molecular formula is C13H21NO. The minimum absolute atomic E-state index is 0.0945. The first-order valence-electron chi connectivity index (χ1n) is 5.54. The molecule has 2 nitrogen and oxygen atoms in total. The summed E-state index contributed by atoms with van der Waals surface area (Å²) in [5.74, 6) is 0. The van der Waals surface area contributed by atoms with E-state index in [-0.39, 0.29) is 6.04 Å². The molecule has 0 aliphatic heterocycles. The molecule has 0 aromatic heterocycles. The number of aliphatic hydroxyl groups excluding tert-OH is 1. The van der Waals surface area contributed by atoms with E-state index in [1.54, 1.807) is 0 Å². The lowest BCUT2D eigenvalue weighted by Crippen LogP contribution is -2.31. The standard InChI is InChI=1S/C13H21NO/c1-5-14-11(4)13(15)12-7-6-9(2)10(3)8-12/h6-8,11,13-15H,5H2,1-4H3. The molecule has 1 aromatic rings. The van der Waals surface area contributed by atoms with Gasteiger partial charge in [0.15, 0.2) is 0 Å². The number of hydrogen-bond donors (Lipinski definition) is 2. The molecule has 0 heterocycles. The minimum atomic E-state index is -0.427. The Morgan fingerprint density at radius 3 is 2.47 bits per heavy atom. The van der Waals surface area contributed by atoms with Gasteiger partial charge in [0.25, 0.3) is 0 Å². The van der Waals surface area contributed by atoms with Gasteiger partial charge in [0.05, 0.1) is 6.10 Å². The van der Waals surface area contributed by atoms with Gasteiger partial charge in [-0.2, -0.15) is 0 Å². The highest BCUT2D eigenvalue weighted by molar-refractivity contribution is 5.31. The van der Waals surface area contributed by atoms with Crippen molar-refractivity contribution in [2.45, 2.75) is 39.8 Å². The van der Waals surface area contributed by atoms with Crippen LogP contribution in [-0.4, -0.2) is 17.7 Å². The van der Waals surface area contributed by atoms with Gasteiger partial charge in [0.2, 0.25) is 0 Å². The SMILES string of the molecule is CCNC(C)C(O)c1ccc(C)c(C)c1. The fourth-order valence-corrected chi connectivity index (χ4v) is 1.67. The normalized spacial score (nSPS) is 15.0. The zero-order chi connectivity index (χ0) is 11.4. The van der Waals surface area contributed by atoms with E-state index in [2.05, 4.69) is 31.3 Å². The number of aryl methyl sites for hydroxylation is 2. The molecule has 0 saturated heterocycles. The number of aliphatic hydroxyl groups is 1. The Balaban J connectivity index is 2.81. The maximum atomic E-state index is 10.1. The van der Waals surface area contributed by atoms with Gasteiger partial charge in [0, 0.05) is 6.04 Å². The summed E-state index contributed by atoms with van der Waals surface area (Å²) < 4.78 is 0. The van der Waals surface area contributed by atoms with Gasteiger partial charge in [-0.25, -0.2) is 0 Å². The van der Waals surface area contributed by atoms with Crippen LogP contribution in [0, 0.1) is 13.8 Å². The summed E-state index contributed by atoms with van der Waals surface area (Å²) in [4.78, 5) is 0. The van der Waals surface area contributed by atoms with Gasteiger partial charge >= 0.3 is 0 Å². The molecule has 0 radical (unpaired) electrons. The highest BCUT2D eigenvalue weighted by Crippen LogP contribution is 2.19. The first-order valence-corrected chi connectivity index (χ1v) is 5.54. The fraction of sp³-hybridized carbons (Fsp3) is 0.538. The number of nitrogens with one attached hydrogen (secondary N) is 1. The van der Waals surface area contributed by atoms with Crippen molar-refractivity contribution in [1.82, 2.24) is 5.32 Å². The molecule has 2 atom stereocenters. The zero-order valence-corrected chi connectivity index (χ0v) is 10.0. The molecule has 0 bridgehead atoms. The highest BCUT2D eigenvalue weighted by Gasteiger charge is 2.15. The van der Waals surface area contributed by atoms with E-state index in [0.717, 1.165) is 12.1 Å². The van der Waals surface area contributed by atoms with Crippen molar-refractivity contribution in [2.75, 3.05) is 6.54 Å². The average Bonchev–Trinajstić information content (AvgIpc) is 2.21. The Labute approximate surface area is 92.3 Å². The molecule has 0 fully saturated rings. The van der Waals surface area contributed by atoms with Crippen LogP contribution in [0.1, 0.15) is 36.6 Å². The monoisotopic (exact) mass is 207 g/mol. The van der Waals surface area contributed by atoms with Crippen LogP contribution < -0.4 is 5.32 Å². The predicted octanol–water partition coefficient (Wildman–Crippen LogP) is 2.33. The molecule has 84 valence electrons. The molecule has 2 N–H and O–H groups in total. The average molecular weight is 207 g/mol. The molecule has 0 spiro atoms. The second-order valence-corrected chi connectivity index (χ2v) is 4.13. The lowest BCUT2D eigenvalue weighted by Gasteiger charge is -2.20. The van der Waals surface area contributed by atoms with Crippen molar-refractivity contribution in [2.24, 2.45) is 0 Å². The van der Waals surface area contributed by atoms with E-state index in [4.69, 9.17) is 0 Å². The van der Waals surface area contributed by atoms with E-state index >= 15 is 0 Å². The second-order valence-electron chi connectivity index (χ2n) is 4.13. The largest absolute Gasteiger partial charge is 0.387 e. The van der Waals surface area contributed by atoms with Crippen LogP contribution in [-0.2, 0) is 0 Å². The summed E-state index contributed by atoms with van der Waals surface area (Å²) in [6.07, 6.45) is -0.427. The van der Waals surface area contributed by atoms with Crippen molar-refractivity contribution >= 4 is 0 Å². The molecule has 2 heteroatoms. The third kappa shape index (κ3) is 3.05. The van der Waals surface area contributed by atoms with Crippen LogP contribution in [0.5, 0.6) is 0 Å². The van der Waals surface area contributed by atoms with Gasteiger partial charge in [-0.1, -0.05) is 25.1 Å². The Morgan fingerprint density at radius 2 is 1.93 bits per heavy atom. The molecule has 0 amide bonds. The van der Waals surface area contributed by atoms with E-state index in [1.165, 1.54) is 11.1 Å². The van der Waals surface area contributed by atoms with Crippen molar-refractivity contribution < 1.29 is 5.11 Å². The maximum Gasteiger partial charge on any atom is 0.0940 e. The van der Waals surface area contributed by atoms with Gasteiger partial charge in [-0.15, -0.1) is 0 Å². The number of likely N-dealkylation sites (N-methyl/N-ethyl adjacent to an activating group) is 1. The zero-order valence-electron chi connectivity index (χ0n) is 10.0. The maximum absolute atomic E-state index is 10.1. The third-order valence-corrected chi connectivity index (χ3v) is 2.87. The fourth-order valence-electron chi connectivity index (χ4n) is 1.67. The summed E-state index contributed by atoms with van der Waals surface area (Å²) >= 11 is 0. The molecule has 2 unspecified atom stereocenters. The summed E-state index contributed by atoms with van der Waals surface area (Å²) in [7, 11) is 0. The van der Waals surface area contributed by atoms with E-state index in [1.807, 2.05) is 19.9 Å². The second kappa shape index (κ2) is 5.29. The van der Waals surface area contributed by atoms with E-state index < -0.39 is 6.10 Å². The van der Waals surface area contributed by atoms with Crippen LogP contribution in [0.25, 0.3) is 0 Å². The Hall–Kier alpha value is -0.860. The number of benzene rings is 1. The molecule has 15 heavy (non-hydrogen) atoms. The molecule has 1 aromatic carbocycles. The lowest BCUT2D eigenvalue weighted by molar-refractivity contribution is 0.137. The van der Waals surface area contributed by atoms with Crippen molar-refractivity contribution in [3.8, 4) is 0 Å². The first-order chi connectivity index (χ1) is 7.06. The van der Waals surface area contributed by atoms with Crippen LogP contribution in [0.4, 0.5) is 0 Å². The van der Waals surface area contributed by atoms with Gasteiger partial charge in [-0.05, 0) is 44.0 Å². The first kappa shape index (κ1) is 12.2. The van der Waals surface area contributed by atoms with E-state index in [0.29, 0.717) is 0 Å². The van der Waals surface area contributed by atoms with Crippen LogP contribution in [0.3, 0.4) is 0 Å². The lowest BCUT2D eigenvalue weighted by atomic mass is 9.99. The Bertz CT molecular complexity index is 322. The smallest absolute Gasteiger partial charge is 0.0940 e. The highest BCUT2D eigenvalue weighted by atomic mass is 16.3. The van der Waals surface area contributed by atoms with Crippen LogP contribution in [0.2, 0.25) is 0 Å². The third-order valence-electron chi connectivity index (χ3n) is 2.87. The Morgan fingerprint density at radius 1 is 1.27 bits per heavy atom. The predicted molar refractivity (Wildman–Crippen MR) is 64.0 cm³/mol. The summed E-state index contributed by atoms with van der Waals surface area (Å²) in [6.45, 7) is 9.08. The molecule has 0 aliphatic rings. The van der Waals surface area contributed by atoms with Gasteiger partial charge in [0.1, 0.15) is 0 Å². The summed E-state index contributed by atoms with van der Waals surface area (Å²) in [5, 5.41) is 13.3. The van der Waals surface area contributed by atoms with Crippen molar-refractivity contribution in [1.29, 1.82) is 0 Å². The van der Waals surface area contributed by atoms with E-state index in [9.17, 15) is 5.11 Å². The van der Waals surface area contributed by atoms with Crippen molar-refractivity contribution in [3.05, 3.63) is 34.9 Å². The number of hydrogen-bond acceptors (Lipinski definition) is 2. The molecule has 0 saturated carbocycles. The molecule has 0 aliphatic carbocycles. The number of rotatable bonds is 4. The van der Waals surface area contributed by atoms with Gasteiger partial charge < -0.3 is 10.4 Å². The Kier molecular flexibility index (Phi) is 4.30. The van der Waals surface area contributed by atoms with Gasteiger partial charge in [-0.3, -0.25) is 0 Å². The summed E-state index contributed by atoms with van der Waals surface area (Å²) in [5.41, 5.74) is 3.49.